The van der Waals surface area contributed by atoms with Crippen LogP contribution in [0, 0.1) is 0 Å². The molecule has 9 nitrogen and oxygen atoms in total. The highest BCUT2D eigenvalue weighted by Crippen LogP contribution is 2.39. The van der Waals surface area contributed by atoms with E-state index in [-0.39, 0.29) is 5.56 Å². The van der Waals surface area contributed by atoms with Gasteiger partial charge in [0.05, 0.1) is 58.4 Å². The Morgan fingerprint density at radius 3 is 1.27 bits per heavy atom. The summed E-state index contributed by atoms with van der Waals surface area (Å²) in [6, 6.07) is 22.2. The van der Waals surface area contributed by atoms with Crippen molar-refractivity contribution in [3.05, 3.63) is 117 Å². The molecule has 1 aliphatic heterocycles. The van der Waals surface area contributed by atoms with Crippen LogP contribution < -0.4 is 18.9 Å². The zero-order valence-corrected chi connectivity index (χ0v) is 30.4. The van der Waals surface area contributed by atoms with Crippen LogP contribution in [0.2, 0.25) is 0 Å². The van der Waals surface area contributed by atoms with E-state index in [9.17, 15) is 9.90 Å². The number of carbonyl (C=O) groups is 1. The van der Waals surface area contributed by atoms with Crippen LogP contribution >= 0.6 is 0 Å². The maximum atomic E-state index is 12.6. The summed E-state index contributed by atoms with van der Waals surface area (Å²) < 4.78 is 43.7. The van der Waals surface area contributed by atoms with Crippen molar-refractivity contribution in [3.8, 4) is 23.0 Å². The number of hydrogen-bond donors (Lipinski definition) is 1. The van der Waals surface area contributed by atoms with E-state index in [1.807, 2.05) is 24.3 Å². The third kappa shape index (κ3) is 9.45. The van der Waals surface area contributed by atoms with Crippen LogP contribution in [0.4, 0.5) is 0 Å². The molecule has 0 aromatic heterocycles. The average Bonchev–Trinajstić information content (AvgIpc) is 3.13. The Hall–Kier alpha value is -4.57. The Labute approximate surface area is 306 Å². The molecule has 2 aliphatic rings. The van der Waals surface area contributed by atoms with Gasteiger partial charge in [-0.25, -0.2) is 4.79 Å². The predicted octanol–water partition coefficient (Wildman–Crippen LogP) is 7.46. The van der Waals surface area contributed by atoms with E-state index in [4.69, 9.17) is 33.2 Å². The van der Waals surface area contributed by atoms with Gasteiger partial charge in [0.1, 0.15) is 36.2 Å². The van der Waals surface area contributed by atoms with Crippen molar-refractivity contribution >= 4 is 5.97 Å². The van der Waals surface area contributed by atoms with Crippen LogP contribution in [0.25, 0.3) is 0 Å². The van der Waals surface area contributed by atoms with Crippen LogP contribution in [0.5, 0.6) is 23.0 Å². The molecule has 4 aromatic carbocycles. The number of fused-ring (bicyclic) bond motifs is 2. The van der Waals surface area contributed by atoms with Gasteiger partial charge in [-0.15, -0.1) is 0 Å². The number of ether oxygens (including phenoxy) is 7. The highest BCUT2D eigenvalue weighted by molar-refractivity contribution is 5.88. The summed E-state index contributed by atoms with van der Waals surface area (Å²) in [5.41, 5.74) is 7.78. The third-order valence-corrected chi connectivity index (χ3v) is 9.14. The molecule has 0 unspecified atom stereocenters. The maximum absolute atomic E-state index is 12.6. The first-order chi connectivity index (χ1) is 25.6. The third-order valence-electron chi connectivity index (χ3n) is 9.14. The minimum Gasteiger partial charge on any atom is -0.493 e. The molecule has 1 aliphatic carbocycles. The van der Waals surface area contributed by atoms with Crippen molar-refractivity contribution in [1.29, 1.82) is 0 Å². The molecule has 0 radical (unpaired) electrons. The number of carboxylic acid groups (broad SMARTS) is 1. The second kappa shape index (κ2) is 18.8. The average molecular weight is 711 g/mol. The molecule has 1 heterocycles. The molecule has 1 N–H and O–H groups in total. The van der Waals surface area contributed by atoms with Crippen molar-refractivity contribution in [2.45, 2.75) is 52.4 Å². The van der Waals surface area contributed by atoms with Gasteiger partial charge in [0.2, 0.25) is 0 Å². The Balaban J connectivity index is 1.58. The zero-order valence-electron chi connectivity index (χ0n) is 30.4. The Kier molecular flexibility index (Phi) is 13.4. The van der Waals surface area contributed by atoms with E-state index in [2.05, 4.69) is 44.2 Å². The molecular weight excluding hydrogens is 660 g/mol. The SMILES string of the molecule is CCCOc1c2cccc1Cc1cccc3c1OCCOCCOCCOCCOc1c(cccc1Cc1cc(C(=O)O)cc(c1OCCC)C3)C2. The van der Waals surface area contributed by atoms with Gasteiger partial charge in [-0.1, -0.05) is 68.4 Å². The highest BCUT2D eigenvalue weighted by atomic mass is 16.6. The molecule has 6 rings (SSSR count). The summed E-state index contributed by atoms with van der Waals surface area (Å²) in [7, 11) is 0. The van der Waals surface area contributed by atoms with E-state index >= 15 is 0 Å². The topological polar surface area (TPSA) is 102 Å². The Morgan fingerprint density at radius 2 is 0.885 bits per heavy atom. The van der Waals surface area contributed by atoms with E-state index in [0.717, 1.165) is 74.6 Å². The molecule has 276 valence electrons. The first kappa shape index (κ1) is 37.2. The maximum Gasteiger partial charge on any atom is 0.335 e. The first-order valence-electron chi connectivity index (χ1n) is 18.5. The van der Waals surface area contributed by atoms with E-state index in [0.29, 0.717) is 97.5 Å². The van der Waals surface area contributed by atoms with Crippen molar-refractivity contribution in [2.75, 3.05) is 66.1 Å². The summed E-state index contributed by atoms with van der Waals surface area (Å²) in [5.74, 6) is 2.09. The number of aromatic carboxylic acids is 1. The van der Waals surface area contributed by atoms with E-state index < -0.39 is 5.97 Å². The second-order valence-corrected chi connectivity index (χ2v) is 13.1. The lowest BCUT2D eigenvalue weighted by Gasteiger charge is -2.23. The number of carboxylic acids is 1. The van der Waals surface area contributed by atoms with Gasteiger partial charge in [0, 0.05) is 25.7 Å². The summed E-state index contributed by atoms with van der Waals surface area (Å²) in [6.45, 7) is 8.50. The van der Waals surface area contributed by atoms with Gasteiger partial charge in [-0.3, -0.25) is 0 Å². The molecule has 0 fully saturated rings. The smallest absolute Gasteiger partial charge is 0.335 e. The predicted molar refractivity (Wildman–Crippen MR) is 199 cm³/mol. The van der Waals surface area contributed by atoms with Crippen molar-refractivity contribution < 1.29 is 43.1 Å². The van der Waals surface area contributed by atoms with E-state index in [1.54, 1.807) is 12.1 Å². The fraction of sp³-hybridized carbons (Fsp3) is 0.419. The Bertz CT molecular complexity index is 1690. The van der Waals surface area contributed by atoms with Gasteiger partial charge < -0.3 is 38.3 Å². The van der Waals surface area contributed by atoms with Crippen molar-refractivity contribution in [3.63, 3.8) is 0 Å². The number of benzene rings is 4. The zero-order chi connectivity index (χ0) is 36.1. The lowest BCUT2D eigenvalue weighted by molar-refractivity contribution is 0.00484. The summed E-state index contributed by atoms with van der Waals surface area (Å²) in [6.07, 6.45) is 3.65. The fourth-order valence-corrected chi connectivity index (χ4v) is 6.81. The number of rotatable bonds is 7. The molecule has 9 heteroatoms. The van der Waals surface area contributed by atoms with Gasteiger partial charge >= 0.3 is 5.97 Å². The first-order valence-corrected chi connectivity index (χ1v) is 18.5. The van der Waals surface area contributed by atoms with Crippen molar-refractivity contribution in [2.24, 2.45) is 0 Å². The minimum absolute atomic E-state index is 0.207. The highest BCUT2D eigenvalue weighted by Gasteiger charge is 2.23. The second-order valence-electron chi connectivity index (χ2n) is 13.1. The Morgan fingerprint density at radius 1 is 0.538 bits per heavy atom. The quantitative estimate of drug-likeness (QED) is 0.185. The van der Waals surface area contributed by atoms with Gasteiger partial charge in [-0.05, 0) is 69.5 Å². The number of para-hydroxylation sites is 3. The molecule has 0 amide bonds. The molecule has 52 heavy (non-hydrogen) atoms. The normalized spacial score (nSPS) is 15.5. The molecule has 4 aromatic rings. The summed E-state index contributed by atoms with van der Waals surface area (Å²) in [4.78, 5) is 12.6. The molecule has 0 atom stereocenters. The standard InChI is InChI=1S/C43H50O9/c1-3-14-49-39-30-8-5-9-31(39)25-33-11-7-13-35-27-37-29-38(43(44)45)28-36(42(37)50-15-4-2)26-34-12-6-10-32(24-30)40(34)51-22-20-47-18-16-46-17-19-48-21-23-52-41(33)35/h5-13,28-29H,3-4,14-27H2,1-2H3,(H,44,45). The lowest BCUT2D eigenvalue weighted by Crippen LogP contribution is -2.16. The fourth-order valence-electron chi connectivity index (χ4n) is 6.81. The van der Waals surface area contributed by atoms with E-state index in [1.165, 1.54) is 0 Å². The van der Waals surface area contributed by atoms with Gasteiger partial charge in [0.15, 0.2) is 0 Å². The minimum atomic E-state index is -0.993. The molecule has 0 saturated carbocycles. The van der Waals surface area contributed by atoms with Crippen LogP contribution in [-0.4, -0.2) is 77.1 Å². The molecule has 0 spiro atoms. The lowest BCUT2D eigenvalue weighted by atomic mass is 9.90. The molecule has 10 bridgehead atoms. The van der Waals surface area contributed by atoms with Gasteiger partial charge in [0.25, 0.3) is 0 Å². The van der Waals surface area contributed by atoms with Crippen LogP contribution in [-0.2, 0) is 39.9 Å². The largest absolute Gasteiger partial charge is 0.493 e. The van der Waals surface area contributed by atoms with Crippen LogP contribution in [0.15, 0.2) is 66.7 Å². The molecule has 0 saturated heterocycles. The van der Waals surface area contributed by atoms with Crippen LogP contribution in [0.3, 0.4) is 0 Å². The summed E-state index contributed by atoms with van der Waals surface area (Å²) in [5, 5.41) is 10.3. The van der Waals surface area contributed by atoms with Crippen LogP contribution in [0.1, 0.15) is 81.6 Å². The van der Waals surface area contributed by atoms with Gasteiger partial charge in [-0.2, -0.15) is 0 Å². The van der Waals surface area contributed by atoms with Crippen molar-refractivity contribution in [1.82, 2.24) is 0 Å². The molecular formula is C43H50O9. The number of hydrogen-bond acceptors (Lipinski definition) is 8. The monoisotopic (exact) mass is 710 g/mol. The summed E-state index contributed by atoms with van der Waals surface area (Å²) >= 11 is 0.